The second kappa shape index (κ2) is 9.81. The van der Waals surface area contributed by atoms with Crippen LogP contribution in [-0.4, -0.2) is 25.7 Å². The number of benzene rings is 1. The van der Waals surface area contributed by atoms with E-state index >= 15 is 0 Å². The van der Waals surface area contributed by atoms with Crippen molar-refractivity contribution in [1.82, 2.24) is 5.32 Å². The molecule has 1 aromatic carbocycles. The van der Waals surface area contributed by atoms with Gasteiger partial charge < -0.3 is 15.4 Å². The highest BCUT2D eigenvalue weighted by Crippen LogP contribution is 2.20. The molecule has 6 heteroatoms. The van der Waals surface area contributed by atoms with Gasteiger partial charge in [-0.15, -0.1) is 0 Å². The summed E-state index contributed by atoms with van der Waals surface area (Å²) in [5.41, 5.74) is 0.627. The van der Waals surface area contributed by atoms with Gasteiger partial charge in [0.05, 0.1) is 10.7 Å². The lowest BCUT2D eigenvalue weighted by Crippen LogP contribution is -2.26. The van der Waals surface area contributed by atoms with Crippen molar-refractivity contribution in [3.63, 3.8) is 0 Å². The molecule has 0 heterocycles. The molecule has 0 aliphatic carbocycles. The van der Waals surface area contributed by atoms with Crippen molar-refractivity contribution in [3.05, 3.63) is 41.1 Å². The number of carbonyl (C=O) groups excluding carboxylic acids is 1. The van der Waals surface area contributed by atoms with Gasteiger partial charge in [-0.3, -0.25) is 4.79 Å². The zero-order valence-corrected chi connectivity index (χ0v) is 12.6. The molecule has 0 fully saturated rings. The first kappa shape index (κ1) is 17.0. The van der Waals surface area contributed by atoms with Crippen LogP contribution >= 0.6 is 11.6 Å². The normalized spacial score (nSPS) is 10.8. The Morgan fingerprint density at radius 3 is 2.90 bits per heavy atom. The van der Waals surface area contributed by atoms with Crippen LogP contribution in [-0.2, 0) is 9.53 Å². The fourth-order valence-corrected chi connectivity index (χ4v) is 1.68. The second-order valence-corrected chi connectivity index (χ2v) is 4.51. The number of nitrogens with zero attached hydrogens (tertiary/aromatic N) is 1. The number of para-hydroxylation sites is 1. The van der Waals surface area contributed by atoms with E-state index in [9.17, 15) is 4.79 Å². The molecule has 0 unspecified atom stereocenters. The van der Waals surface area contributed by atoms with Gasteiger partial charge in [0, 0.05) is 26.0 Å². The quantitative estimate of drug-likeness (QED) is 0.440. The Morgan fingerprint density at radius 1 is 1.48 bits per heavy atom. The predicted octanol–water partition coefficient (Wildman–Crippen LogP) is 2.70. The monoisotopic (exact) mass is 307 g/mol. The standard InChI is InChI=1S/C15H18ClN3O2/c1-2-21-9-5-8-18-15(20)12(10-17)11-19-14-7-4-3-6-13(14)16/h3-4,6-7,11,19H,2,5,8-9H2,1H3,(H,18,20)/b12-11-. The number of carbonyl (C=O) groups is 1. The number of anilines is 1. The molecule has 0 aliphatic heterocycles. The highest BCUT2D eigenvalue weighted by Gasteiger charge is 2.08. The fourth-order valence-electron chi connectivity index (χ4n) is 1.49. The summed E-state index contributed by atoms with van der Waals surface area (Å²) in [5.74, 6) is -0.423. The van der Waals surface area contributed by atoms with Crippen molar-refractivity contribution in [2.45, 2.75) is 13.3 Å². The molecule has 0 aromatic heterocycles. The first-order valence-electron chi connectivity index (χ1n) is 6.66. The first-order chi connectivity index (χ1) is 10.2. The van der Waals surface area contributed by atoms with Crippen LogP contribution in [0.25, 0.3) is 0 Å². The summed E-state index contributed by atoms with van der Waals surface area (Å²) in [6, 6.07) is 8.94. The predicted molar refractivity (Wildman–Crippen MR) is 82.9 cm³/mol. The number of hydrogen-bond donors (Lipinski definition) is 2. The van der Waals surface area contributed by atoms with Crippen LogP contribution in [0.5, 0.6) is 0 Å². The maximum atomic E-state index is 11.8. The number of rotatable bonds is 8. The van der Waals surface area contributed by atoms with Crippen LogP contribution in [0, 0.1) is 11.3 Å². The van der Waals surface area contributed by atoms with Crippen molar-refractivity contribution < 1.29 is 9.53 Å². The van der Waals surface area contributed by atoms with Crippen LogP contribution in [0.15, 0.2) is 36.0 Å². The molecule has 112 valence electrons. The smallest absolute Gasteiger partial charge is 0.263 e. The molecule has 0 atom stereocenters. The maximum absolute atomic E-state index is 11.8. The van der Waals surface area contributed by atoms with Crippen molar-refractivity contribution >= 4 is 23.2 Å². The Labute approximate surface area is 129 Å². The van der Waals surface area contributed by atoms with Gasteiger partial charge in [0.2, 0.25) is 0 Å². The van der Waals surface area contributed by atoms with Crippen LogP contribution in [0.3, 0.4) is 0 Å². The van der Waals surface area contributed by atoms with E-state index in [1.54, 1.807) is 18.2 Å². The third-order valence-corrected chi connectivity index (χ3v) is 2.90. The summed E-state index contributed by atoms with van der Waals surface area (Å²) in [4.78, 5) is 11.8. The van der Waals surface area contributed by atoms with E-state index in [0.29, 0.717) is 36.9 Å². The average Bonchev–Trinajstić information content (AvgIpc) is 2.49. The number of hydrogen-bond acceptors (Lipinski definition) is 4. The van der Waals surface area contributed by atoms with Gasteiger partial charge in [-0.1, -0.05) is 23.7 Å². The summed E-state index contributed by atoms with van der Waals surface area (Å²) < 4.78 is 5.16. The average molecular weight is 308 g/mol. The lowest BCUT2D eigenvalue weighted by molar-refractivity contribution is -0.117. The van der Waals surface area contributed by atoms with E-state index in [1.165, 1.54) is 6.20 Å². The van der Waals surface area contributed by atoms with E-state index in [2.05, 4.69) is 10.6 Å². The molecule has 0 saturated heterocycles. The molecule has 1 rings (SSSR count). The molecule has 0 spiro atoms. The van der Waals surface area contributed by atoms with Gasteiger partial charge in [-0.05, 0) is 25.5 Å². The largest absolute Gasteiger partial charge is 0.382 e. The highest BCUT2D eigenvalue weighted by atomic mass is 35.5. The first-order valence-corrected chi connectivity index (χ1v) is 7.04. The Morgan fingerprint density at radius 2 is 2.24 bits per heavy atom. The molecular weight excluding hydrogens is 290 g/mol. The Balaban J connectivity index is 2.50. The van der Waals surface area contributed by atoms with Gasteiger partial charge in [0.1, 0.15) is 11.6 Å². The molecule has 5 nitrogen and oxygen atoms in total. The van der Waals surface area contributed by atoms with Crippen LogP contribution in [0.4, 0.5) is 5.69 Å². The maximum Gasteiger partial charge on any atom is 0.263 e. The van der Waals surface area contributed by atoms with Crippen LogP contribution < -0.4 is 10.6 Å². The van der Waals surface area contributed by atoms with Gasteiger partial charge in [0.15, 0.2) is 0 Å². The van der Waals surface area contributed by atoms with E-state index in [-0.39, 0.29) is 5.57 Å². The minimum atomic E-state index is -0.423. The number of nitrogens with one attached hydrogen (secondary N) is 2. The molecule has 0 radical (unpaired) electrons. The molecular formula is C15H18ClN3O2. The van der Waals surface area contributed by atoms with Gasteiger partial charge >= 0.3 is 0 Å². The molecule has 1 aromatic rings. The molecule has 0 saturated carbocycles. The zero-order chi connectivity index (χ0) is 15.5. The van der Waals surface area contributed by atoms with Crippen molar-refractivity contribution in [1.29, 1.82) is 5.26 Å². The van der Waals surface area contributed by atoms with E-state index in [1.807, 2.05) is 19.1 Å². The van der Waals surface area contributed by atoms with Crippen LogP contribution in [0.2, 0.25) is 5.02 Å². The van der Waals surface area contributed by atoms with Gasteiger partial charge in [-0.25, -0.2) is 0 Å². The summed E-state index contributed by atoms with van der Waals surface area (Å²) in [6.45, 7) is 3.61. The highest BCUT2D eigenvalue weighted by molar-refractivity contribution is 6.33. The molecule has 2 N–H and O–H groups in total. The molecule has 1 amide bonds. The number of halogens is 1. The summed E-state index contributed by atoms with van der Waals surface area (Å²) in [6.07, 6.45) is 2.05. The Kier molecular flexibility index (Phi) is 7.95. The van der Waals surface area contributed by atoms with Gasteiger partial charge in [-0.2, -0.15) is 5.26 Å². The fraction of sp³-hybridized carbons (Fsp3) is 0.333. The van der Waals surface area contributed by atoms with Crippen molar-refractivity contribution in [3.8, 4) is 6.07 Å². The molecule has 21 heavy (non-hydrogen) atoms. The molecule has 0 aliphatic rings. The Bertz CT molecular complexity index is 538. The second-order valence-electron chi connectivity index (χ2n) is 4.10. The summed E-state index contributed by atoms with van der Waals surface area (Å²) in [5, 5.41) is 15.0. The lowest BCUT2D eigenvalue weighted by Gasteiger charge is -2.06. The topological polar surface area (TPSA) is 74.1 Å². The zero-order valence-electron chi connectivity index (χ0n) is 11.9. The lowest BCUT2D eigenvalue weighted by atomic mass is 10.2. The van der Waals surface area contributed by atoms with Crippen molar-refractivity contribution in [2.75, 3.05) is 25.1 Å². The van der Waals surface area contributed by atoms with Gasteiger partial charge in [0.25, 0.3) is 5.91 Å². The summed E-state index contributed by atoms with van der Waals surface area (Å²) >= 11 is 5.97. The minimum Gasteiger partial charge on any atom is -0.382 e. The van der Waals surface area contributed by atoms with E-state index in [4.69, 9.17) is 21.6 Å². The minimum absolute atomic E-state index is 0.00803. The number of nitriles is 1. The summed E-state index contributed by atoms with van der Waals surface area (Å²) in [7, 11) is 0. The van der Waals surface area contributed by atoms with Crippen LogP contribution in [0.1, 0.15) is 13.3 Å². The number of ether oxygens (including phenoxy) is 1. The molecule has 0 bridgehead atoms. The third-order valence-electron chi connectivity index (χ3n) is 2.57. The SMILES string of the molecule is CCOCCCNC(=O)/C(C#N)=C\Nc1ccccc1Cl. The third kappa shape index (κ3) is 6.30. The number of amides is 1. The van der Waals surface area contributed by atoms with E-state index < -0.39 is 5.91 Å². The van der Waals surface area contributed by atoms with E-state index in [0.717, 1.165) is 0 Å². The Hall–Kier alpha value is -2.03. The van der Waals surface area contributed by atoms with Crippen molar-refractivity contribution in [2.24, 2.45) is 0 Å².